The van der Waals surface area contributed by atoms with E-state index in [-0.39, 0.29) is 0 Å². The van der Waals surface area contributed by atoms with Crippen molar-refractivity contribution in [2.45, 2.75) is 32.7 Å². The summed E-state index contributed by atoms with van der Waals surface area (Å²) in [6.07, 6.45) is 2.52. The van der Waals surface area contributed by atoms with E-state index < -0.39 is 0 Å². The summed E-state index contributed by atoms with van der Waals surface area (Å²) in [5.74, 6) is 1.06. The van der Waals surface area contributed by atoms with Crippen molar-refractivity contribution >= 4 is 0 Å². The third kappa shape index (κ3) is 2.51. The second-order valence-corrected chi connectivity index (χ2v) is 4.33. The van der Waals surface area contributed by atoms with Crippen LogP contribution in [0.5, 0.6) is 5.75 Å². The first-order chi connectivity index (χ1) is 7.27. The molecule has 82 valence electrons. The van der Waals surface area contributed by atoms with Gasteiger partial charge in [-0.2, -0.15) is 0 Å². The predicted octanol–water partition coefficient (Wildman–Crippen LogP) is 2.43. The molecule has 1 aromatic carbocycles. The van der Waals surface area contributed by atoms with E-state index >= 15 is 0 Å². The smallest absolute Gasteiger partial charge is 0.125 e. The minimum absolute atomic E-state index is 0.545. The van der Waals surface area contributed by atoms with Crippen molar-refractivity contribution in [3.8, 4) is 5.75 Å². The Morgan fingerprint density at radius 3 is 2.67 bits per heavy atom. The van der Waals surface area contributed by atoms with Gasteiger partial charge in [-0.25, -0.2) is 0 Å². The lowest BCUT2D eigenvalue weighted by Crippen LogP contribution is -2.28. The Balaban J connectivity index is 1.97. The molecule has 0 spiro atoms. The first kappa shape index (κ1) is 10.5. The van der Waals surface area contributed by atoms with Crippen molar-refractivity contribution < 1.29 is 4.74 Å². The van der Waals surface area contributed by atoms with Crippen molar-refractivity contribution in [1.29, 1.82) is 0 Å². The Morgan fingerprint density at radius 1 is 1.33 bits per heavy atom. The molecule has 15 heavy (non-hydrogen) atoms. The fraction of sp³-hybridized carbons (Fsp3) is 0.538. The summed E-state index contributed by atoms with van der Waals surface area (Å²) in [7, 11) is 0. The van der Waals surface area contributed by atoms with Gasteiger partial charge in [-0.05, 0) is 44.4 Å². The third-order valence-corrected chi connectivity index (χ3v) is 3.00. The van der Waals surface area contributed by atoms with Crippen LogP contribution < -0.4 is 10.1 Å². The Bertz CT molecular complexity index is 309. The topological polar surface area (TPSA) is 21.3 Å². The lowest BCUT2D eigenvalue weighted by molar-refractivity contribution is 0.274. The van der Waals surface area contributed by atoms with E-state index in [9.17, 15) is 0 Å². The molecule has 1 aliphatic heterocycles. The molecule has 1 saturated heterocycles. The van der Waals surface area contributed by atoms with Gasteiger partial charge in [0.25, 0.3) is 0 Å². The SMILES string of the molecule is Cc1cccc(C)c1OC[C@@H]1CCCN1. The van der Waals surface area contributed by atoms with Crippen LogP contribution in [0.3, 0.4) is 0 Å². The number of para-hydroxylation sites is 1. The molecule has 1 aliphatic rings. The highest BCUT2D eigenvalue weighted by Crippen LogP contribution is 2.22. The van der Waals surface area contributed by atoms with Crippen molar-refractivity contribution in [3.05, 3.63) is 29.3 Å². The van der Waals surface area contributed by atoms with Crippen LogP contribution in [0.15, 0.2) is 18.2 Å². The molecule has 1 atom stereocenters. The molecule has 0 unspecified atom stereocenters. The van der Waals surface area contributed by atoms with Crippen LogP contribution in [0, 0.1) is 13.8 Å². The van der Waals surface area contributed by atoms with Crippen molar-refractivity contribution in [2.24, 2.45) is 0 Å². The summed E-state index contributed by atoms with van der Waals surface area (Å²) < 4.78 is 5.89. The molecule has 0 bridgehead atoms. The minimum atomic E-state index is 0.545. The summed E-state index contributed by atoms with van der Waals surface area (Å²) in [5.41, 5.74) is 2.46. The highest BCUT2D eigenvalue weighted by atomic mass is 16.5. The summed E-state index contributed by atoms with van der Waals surface area (Å²) >= 11 is 0. The van der Waals surface area contributed by atoms with Crippen molar-refractivity contribution in [2.75, 3.05) is 13.2 Å². The Morgan fingerprint density at radius 2 is 2.07 bits per heavy atom. The molecule has 2 nitrogen and oxygen atoms in total. The average Bonchev–Trinajstić information content (AvgIpc) is 2.70. The van der Waals surface area contributed by atoms with Gasteiger partial charge in [0.1, 0.15) is 12.4 Å². The number of hydrogen-bond acceptors (Lipinski definition) is 2. The van der Waals surface area contributed by atoms with Crippen molar-refractivity contribution in [1.82, 2.24) is 5.32 Å². The monoisotopic (exact) mass is 205 g/mol. The molecule has 1 N–H and O–H groups in total. The highest BCUT2D eigenvalue weighted by molar-refractivity contribution is 5.39. The van der Waals surface area contributed by atoms with E-state index in [0.717, 1.165) is 18.9 Å². The van der Waals surface area contributed by atoms with E-state index in [1.807, 2.05) is 0 Å². The number of nitrogens with one attached hydrogen (secondary N) is 1. The van der Waals surface area contributed by atoms with Gasteiger partial charge in [0.05, 0.1) is 0 Å². The Labute approximate surface area is 91.6 Å². The van der Waals surface area contributed by atoms with Gasteiger partial charge in [-0.3, -0.25) is 0 Å². The molecule has 0 amide bonds. The molecule has 2 rings (SSSR count). The van der Waals surface area contributed by atoms with E-state index in [1.54, 1.807) is 0 Å². The predicted molar refractivity (Wildman–Crippen MR) is 62.4 cm³/mol. The minimum Gasteiger partial charge on any atom is -0.491 e. The molecule has 0 saturated carbocycles. The molecule has 0 aliphatic carbocycles. The molecule has 2 heteroatoms. The van der Waals surface area contributed by atoms with E-state index in [4.69, 9.17) is 4.74 Å². The fourth-order valence-corrected chi connectivity index (χ4v) is 2.11. The number of benzene rings is 1. The van der Waals surface area contributed by atoms with E-state index in [2.05, 4.69) is 37.4 Å². The van der Waals surface area contributed by atoms with Gasteiger partial charge in [-0.1, -0.05) is 18.2 Å². The number of rotatable bonds is 3. The second-order valence-electron chi connectivity index (χ2n) is 4.33. The van der Waals surface area contributed by atoms with Crippen LogP contribution in [0.1, 0.15) is 24.0 Å². The lowest BCUT2D eigenvalue weighted by Gasteiger charge is -2.15. The zero-order valence-electron chi connectivity index (χ0n) is 9.55. The van der Waals surface area contributed by atoms with Gasteiger partial charge in [0.2, 0.25) is 0 Å². The molecular formula is C13H19NO. The van der Waals surface area contributed by atoms with Crippen LogP contribution >= 0.6 is 0 Å². The maximum absolute atomic E-state index is 5.89. The Kier molecular flexibility index (Phi) is 3.27. The molecule has 0 aromatic heterocycles. The van der Waals surface area contributed by atoms with Crippen LogP contribution in [0.4, 0.5) is 0 Å². The fourth-order valence-electron chi connectivity index (χ4n) is 2.11. The summed E-state index contributed by atoms with van der Waals surface area (Å²) in [6, 6.07) is 6.82. The normalized spacial score (nSPS) is 20.5. The lowest BCUT2D eigenvalue weighted by atomic mass is 10.1. The number of ether oxygens (including phenoxy) is 1. The molecule has 1 fully saturated rings. The van der Waals surface area contributed by atoms with Gasteiger partial charge < -0.3 is 10.1 Å². The standard InChI is InChI=1S/C13H19NO/c1-10-5-3-6-11(2)13(10)15-9-12-7-4-8-14-12/h3,5-6,12,14H,4,7-9H2,1-2H3/t12-/m0/s1. The molecule has 1 heterocycles. The van der Waals surface area contributed by atoms with Gasteiger partial charge in [0.15, 0.2) is 0 Å². The first-order valence-corrected chi connectivity index (χ1v) is 5.70. The number of hydrogen-bond donors (Lipinski definition) is 1. The summed E-state index contributed by atoms with van der Waals surface area (Å²) in [5, 5.41) is 3.44. The second kappa shape index (κ2) is 4.67. The molecule has 0 radical (unpaired) electrons. The van der Waals surface area contributed by atoms with Crippen LogP contribution in [0.25, 0.3) is 0 Å². The third-order valence-electron chi connectivity index (χ3n) is 3.00. The van der Waals surface area contributed by atoms with Crippen LogP contribution in [0.2, 0.25) is 0 Å². The van der Waals surface area contributed by atoms with Crippen LogP contribution in [-0.2, 0) is 0 Å². The molecular weight excluding hydrogens is 186 g/mol. The van der Waals surface area contributed by atoms with Gasteiger partial charge >= 0.3 is 0 Å². The van der Waals surface area contributed by atoms with E-state index in [0.29, 0.717) is 6.04 Å². The summed E-state index contributed by atoms with van der Waals surface area (Å²) in [6.45, 7) is 6.14. The van der Waals surface area contributed by atoms with E-state index in [1.165, 1.54) is 24.0 Å². The summed E-state index contributed by atoms with van der Waals surface area (Å²) in [4.78, 5) is 0. The zero-order chi connectivity index (χ0) is 10.7. The maximum Gasteiger partial charge on any atom is 0.125 e. The number of aryl methyl sites for hydroxylation is 2. The average molecular weight is 205 g/mol. The van der Waals surface area contributed by atoms with Crippen molar-refractivity contribution in [3.63, 3.8) is 0 Å². The van der Waals surface area contributed by atoms with Crippen LogP contribution in [-0.4, -0.2) is 19.2 Å². The quantitative estimate of drug-likeness (QED) is 0.818. The zero-order valence-corrected chi connectivity index (χ0v) is 9.55. The molecule has 1 aromatic rings. The Hall–Kier alpha value is -1.02. The highest BCUT2D eigenvalue weighted by Gasteiger charge is 2.15. The van der Waals surface area contributed by atoms with Gasteiger partial charge in [-0.15, -0.1) is 0 Å². The van der Waals surface area contributed by atoms with Gasteiger partial charge in [0, 0.05) is 6.04 Å². The largest absolute Gasteiger partial charge is 0.491 e. The first-order valence-electron chi connectivity index (χ1n) is 5.70. The maximum atomic E-state index is 5.89.